The van der Waals surface area contributed by atoms with Gasteiger partial charge >= 0.3 is 5.97 Å². The highest BCUT2D eigenvalue weighted by molar-refractivity contribution is 6.10. The van der Waals surface area contributed by atoms with Gasteiger partial charge in [-0.05, 0) is 63.1 Å². The Morgan fingerprint density at radius 2 is 1.97 bits per heavy atom. The zero-order chi connectivity index (χ0) is 21.6. The number of esters is 1. The monoisotopic (exact) mass is 419 g/mol. The van der Waals surface area contributed by atoms with Gasteiger partial charge in [0.1, 0.15) is 5.54 Å². The van der Waals surface area contributed by atoms with Gasteiger partial charge in [-0.1, -0.05) is 18.2 Å². The highest BCUT2D eigenvalue weighted by atomic mass is 16.5. The molecule has 2 N–H and O–H groups in total. The molecule has 5 rings (SSSR count). The first-order valence-corrected chi connectivity index (χ1v) is 10.8. The van der Waals surface area contributed by atoms with Crippen LogP contribution in [0.15, 0.2) is 48.5 Å². The van der Waals surface area contributed by atoms with Crippen molar-refractivity contribution >= 4 is 29.2 Å². The smallest absolute Gasteiger partial charge is 0.338 e. The molecule has 0 aromatic heterocycles. The number of amides is 2. The normalized spacial score (nSPS) is 26.4. The molecule has 0 aliphatic carbocycles. The van der Waals surface area contributed by atoms with Crippen LogP contribution in [0.4, 0.5) is 11.4 Å². The molecular formula is C24H25N3O4. The van der Waals surface area contributed by atoms with E-state index in [9.17, 15) is 14.4 Å². The van der Waals surface area contributed by atoms with Gasteiger partial charge in [0.25, 0.3) is 0 Å². The minimum absolute atomic E-state index is 0.115. The number of hydrogen-bond acceptors (Lipinski definition) is 5. The average molecular weight is 419 g/mol. The molecule has 2 aromatic carbocycles. The fourth-order valence-corrected chi connectivity index (χ4v) is 5.51. The maximum Gasteiger partial charge on any atom is 0.338 e. The van der Waals surface area contributed by atoms with E-state index < -0.39 is 17.4 Å². The van der Waals surface area contributed by atoms with Crippen molar-refractivity contribution in [1.29, 1.82) is 0 Å². The van der Waals surface area contributed by atoms with E-state index in [1.54, 1.807) is 31.2 Å². The summed E-state index contributed by atoms with van der Waals surface area (Å²) in [5.74, 6) is -1.18. The summed E-state index contributed by atoms with van der Waals surface area (Å²) in [6.45, 7) is 2.87. The van der Waals surface area contributed by atoms with Crippen LogP contribution < -0.4 is 10.6 Å². The molecule has 3 aliphatic heterocycles. The SMILES string of the molecule is CCOC(=O)c1ccc(NC(=O)[C@@H]2C[C@H]3CCCN3[C@@]23C(=O)Nc2ccccc23)cc1. The lowest BCUT2D eigenvalue weighted by molar-refractivity contribution is -0.135. The Morgan fingerprint density at radius 3 is 2.74 bits per heavy atom. The van der Waals surface area contributed by atoms with Crippen molar-refractivity contribution in [2.24, 2.45) is 5.92 Å². The van der Waals surface area contributed by atoms with E-state index in [0.29, 0.717) is 24.3 Å². The lowest BCUT2D eigenvalue weighted by Crippen LogP contribution is -2.53. The zero-order valence-electron chi connectivity index (χ0n) is 17.4. The largest absolute Gasteiger partial charge is 0.462 e. The van der Waals surface area contributed by atoms with Gasteiger partial charge in [-0.3, -0.25) is 14.5 Å². The van der Waals surface area contributed by atoms with E-state index in [1.165, 1.54) is 0 Å². The van der Waals surface area contributed by atoms with Gasteiger partial charge < -0.3 is 15.4 Å². The first-order chi connectivity index (χ1) is 15.1. The quantitative estimate of drug-likeness (QED) is 0.744. The van der Waals surface area contributed by atoms with Crippen LogP contribution >= 0.6 is 0 Å². The maximum atomic E-state index is 13.5. The topological polar surface area (TPSA) is 87.7 Å². The number of fused-ring (bicyclic) bond motifs is 4. The molecule has 1 spiro atoms. The summed E-state index contributed by atoms with van der Waals surface area (Å²) in [6, 6.07) is 14.5. The van der Waals surface area contributed by atoms with Gasteiger partial charge in [-0.25, -0.2) is 4.79 Å². The van der Waals surface area contributed by atoms with Crippen LogP contribution in [0.5, 0.6) is 0 Å². The third-order valence-corrected chi connectivity index (χ3v) is 6.75. The zero-order valence-corrected chi connectivity index (χ0v) is 17.4. The molecule has 31 heavy (non-hydrogen) atoms. The molecule has 7 nitrogen and oxygen atoms in total. The molecule has 2 aromatic rings. The molecule has 2 amide bonds. The fourth-order valence-electron chi connectivity index (χ4n) is 5.51. The molecular weight excluding hydrogens is 394 g/mol. The standard InChI is InChI=1S/C24H25N3O4/c1-2-31-22(29)15-9-11-16(12-10-15)25-21(28)19-14-17-6-5-13-27(17)24(19)18-7-3-4-8-20(18)26-23(24)30/h3-4,7-12,17,19H,2,5-6,13-14H2,1H3,(H,25,28)(H,26,30)/t17-,19+,24-/m1/s1. The van der Waals surface area contributed by atoms with Crippen LogP contribution in [0.2, 0.25) is 0 Å². The number of para-hydroxylation sites is 1. The molecule has 0 unspecified atom stereocenters. The summed E-state index contributed by atoms with van der Waals surface area (Å²) >= 11 is 0. The first-order valence-electron chi connectivity index (χ1n) is 10.8. The van der Waals surface area contributed by atoms with E-state index in [-0.39, 0.29) is 17.9 Å². The highest BCUT2D eigenvalue weighted by Crippen LogP contribution is 2.55. The van der Waals surface area contributed by atoms with Crippen molar-refractivity contribution < 1.29 is 19.1 Å². The minimum Gasteiger partial charge on any atom is -0.462 e. The van der Waals surface area contributed by atoms with Crippen LogP contribution in [0.1, 0.15) is 42.1 Å². The molecule has 0 bridgehead atoms. The molecule has 0 radical (unpaired) electrons. The lowest BCUT2D eigenvalue weighted by Gasteiger charge is -2.36. The van der Waals surface area contributed by atoms with Crippen molar-refractivity contribution in [3.05, 3.63) is 59.7 Å². The Kier molecular flexibility index (Phi) is 4.78. The van der Waals surface area contributed by atoms with Crippen molar-refractivity contribution in [1.82, 2.24) is 4.90 Å². The van der Waals surface area contributed by atoms with Crippen molar-refractivity contribution in [3.63, 3.8) is 0 Å². The number of anilines is 2. The van der Waals surface area contributed by atoms with Crippen LogP contribution in [0.25, 0.3) is 0 Å². The summed E-state index contributed by atoms with van der Waals surface area (Å²) < 4.78 is 5.00. The summed E-state index contributed by atoms with van der Waals surface area (Å²) in [4.78, 5) is 40.9. The van der Waals surface area contributed by atoms with Crippen LogP contribution in [0, 0.1) is 5.92 Å². The third kappa shape index (κ3) is 2.95. The Bertz CT molecular complexity index is 1050. The first kappa shape index (κ1) is 19.8. The number of nitrogens with one attached hydrogen (secondary N) is 2. The van der Waals surface area contributed by atoms with Gasteiger partial charge in [-0.2, -0.15) is 0 Å². The second kappa shape index (κ2) is 7.50. The van der Waals surface area contributed by atoms with Gasteiger partial charge in [0.2, 0.25) is 11.8 Å². The fraction of sp³-hybridized carbons (Fsp3) is 0.375. The van der Waals surface area contributed by atoms with Crippen LogP contribution in [-0.2, 0) is 19.9 Å². The summed E-state index contributed by atoms with van der Waals surface area (Å²) in [6.07, 6.45) is 2.68. The molecule has 2 fully saturated rings. The van der Waals surface area contributed by atoms with E-state index in [2.05, 4.69) is 15.5 Å². The lowest BCUT2D eigenvalue weighted by atomic mass is 9.78. The predicted molar refractivity (Wildman–Crippen MR) is 116 cm³/mol. The summed E-state index contributed by atoms with van der Waals surface area (Å²) in [5, 5.41) is 5.99. The number of nitrogens with zero attached hydrogens (tertiary/aromatic N) is 1. The highest BCUT2D eigenvalue weighted by Gasteiger charge is 2.65. The van der Waals surface area contributed by atoms with Crippen LogP contribution in [0.3, 0.4) is 0 Å². The predicted octanol–water partition coefficient (Wildman–Crippen LogP) is 3.13. The van der Waals surface area contributed by atoms with Crippen molar-refractivity contribution in [3.8, 4) is 0 Å². The molecule has 160 valence electrons. The third-order valence-electron chi connectivity index (χ3n) is 6.75. The Hall–Kier alpha value is -3.19. The number of ether oxygens (including phenoxy) is 1. The van der Waals surface area contributed by atoms with E-state index in [0.717, 1.165) is 30.6 Å². The maximum absolute atomic E-state index is 13.5. The van der Waals surface area contributed by atoms with E-state index in [4.69, 9.17) is 4.74 Å². The molecule has 0 saturated carbocycles. The summed E-state index contributed by atoms with van der Waals surface area (Å²) in [7, 11) is 0. The molecule has 3 heterocycles. The summed E-state index contributed by atoms with van der Waals surface area (Å²) in [5.41, 5.74) is 1.74. The number of rotatable bonds is 4. The number of carbonyl (C=O) groups excluding carboxylic acids is 3. The van der Waals surface area contributed by atoms with Gasteiger partial charge in [0, 0.05) is 23.0 Å². The average Bonchev–Trinajstić information content (AvgIpc) is 3.43. The second-order valence-electron chi connectivity index (χ2n) is 8.33. The van der Waals surface area contributed by atoms with Crippen molar-refractivity contribution in [2.75, 3.05) is 23.8 Å². The minimum atomic E-state index is -0.966. The van der Waals surface area contributed by atoms with E-state index in [1.807, 2.05) is 24.3 Å². The van der Waals surface area contributed by atoms with Crippen molar-refractivity contribution in [2.45, 2.75) is 37.8 Å². The molecule has 3 aliphatic rings. The Morgan fingerprint density at radius 1 is 1.19 bits per heavy atom. The van der Waals surface area contributed by atoms with Crippen LogP contribution in [-0.4, -0.2) is 41.9 Å². The number of hydrogen-bond donors (Lipinski definition) is 2. The Balaban J connectivity index is 1.45. The Labute approximate surface area is 180 Å². The van der Waals surface area contributed by atoms with E-state index >= 15 is 0 Å². The molecule has 3 atom stereocenters. The van der Waals surface area contributed by atoms with Gasteiger partial charge in [-0.15, -0.1) is 0 Å². The molecule has 2 saturated heterocycles. The number of carbonyl (C=O) groups is 3. The second-order valence-corrected chi connectivity index (χ2v) is 8.33. The molecule has 7 heteroatoms. The van der Waals surface area contributed by atoms with Gasteiger partial charge in [0.05, 0.1) is 18.1 Å². The van der Waals surface area contributed by atoms with Gasteiger partial charge in [0.15, 0.2) is 0 Å². The number of benzene rings is 2.